The Morgan fingerprint density at radius 3 is 1.74 bits per heavy atom. The van der Waals surface area contributed by atoms with Gasteiger partial charge in [0.2, 0.25) is 5.91 Å². The van der Waals surface area contributed by atoms with Crippen LogP contribution in [0.1, 0.15) is 18.6 Å². The molecule has 2 aromatic heterocycles. The zero-order valence-corrected chi connectivity index (χ0v) is 23.0. The van der Waals surface area contributed by atoms with Crippen molar-refractivity contribution >= 4 is 86.1 Å². The topological polar surface area (TPSA) is 135 Å². The summed E-state index contributed by atoms with van der Waals surface area (Å²) in [5, 5.41) is 5.87. The van der Waals surface area contributed by atoms with E-state index in [0.717, 1.165) is 62.7 Å². The first kappa shape index (κ1) is 31.7. The van der Waals surface area contributed by atoms with E-state index in [9.17, 15) is 24.0 Å². The Morgan fingerprint density at radius 1 is 0.714 bits per heavy atom. The summed E-state index contributed by atoms with van der Waals surface area (Å²) in [5.41, 5.74) is 3.90. The molecule has 0 radical (unpaired) electrons. The molecule has 2 aromatic carbocycles. The van der Waals surface area contributed by atoms with Crippen LogP contribution in [0.15, 0.2) is 96.2 Å². The van der Waals surface area contributed by atoms with Crippen molar-refractivity contribution in [3.8, 4) is 0 Å². The van der Waals surface area contributed by atoms with E-state index >= 15 is 0 Å². The van der Waals surface area contributed by atoms with Crippen molar-refractivity contribution in [2.45, 2.75) is 7.43 Å². The molecule has 9 nitrogen and oxygen atoms in total. The number of nitrogens with one attached hydrogen (secondary N) is 2. The molecule has 2 aliphatic rings. The summed E-state index contributed by atoms with van der Waals surface area (Å²) in [6.07, 6.45) is 12.8. The number of pyridine rings is 2. The average Bonchev–Trinajstić information content (AvgIpc) is 3.53. The minimum atomic E-state index is -0.343. The number of rotatable bonds is 4. The normalized spacial score (nSPS) is 15.2. The predicted molar refractivity (Wildman–Crippen MR) is 170 cm³/mol. The molecule has 212 valence electrons. The van der Waals surface area contributed by atoms with Gasteiger partial charge in [-0.1, -0.05) is 73.8 Å². The van der Waals surface area contributed by atoms with Crippen molar-refractivity contribution in [3.05, 3.63) is 107 Å². The van der Waals surface area contributed by atoms with E-state index in [4.69, 9.17) is 0 Å². The molecule has 4 heterocycles. The molecule has 0 bridgehead atoms. The van der Waals surface area contributed by atoms with Crippen molar-refractivity contribution < 1.29 is 24.0 Å². The molecule has 11 heteroatoms. The van der Waals surface area contributed by atoms with Gasteiger partial charge in [-0.2, -0.15) is 0 Å². The number of hydrogen-bond donors (Lipinski definition) is 2. The fourth-order valence-electron chi connectivity index (χ4n) is 3.66. The summed E-state index contributed by atoms with van der Waals surface area (Å²) in [5.74, 6) is -0.238. The monoisotopic (exact) mass is 598 g/mol. The van der Waals surface area contributed by atoms with E-state index in [-0.39, 0.29) is 29.7 Å². The lowest BCUT2D eigenvalue weighted by atomic mass is 10.1. The van der Waals surface area contributed by atoms with Gasteiger partial charge in [-0.25, -0.2) is 0 Å². The van der Waals surface area contributed by atoms with Crippen molar-refractivity contribution in [1.82, 2.24) is 20.6 Å². The number of imide groups is 2. The Labute approximate surface area is 250 Å². The number of aldehydes is 1. The molecule has 0 aliphatic carbocycles. The third-order valence-corrected chi connectivity index (χ3v) is 7.06. The van der Waals surface area contributed by atoms with Gasteiger partial charge in [0.1, 0.15) is 6.29 Å². The highest BCUT2D eigenvalue weighted by atomic mass is 32.2. The number of carbonyl (C=O) groups excluding carboxylic acids is 5. The Balaban J connectivity index is 0.000000191. The summed E-state index contributed by atoms with van der Waals surface area (Å²) in [6, 6.07) is 19.5. The number of benzene rings is 2. The van der Waals surface area contributed by atoms with Gasteiger partial charge in [0.05, 0.1) is 21.7 Å². The molecule has 2 N–H and O–H groups in total. The number of para-hydroxylation sites is 2. The first-order valence-corrected chi connectivity index (χ1v) is 13.9. The van der Waals surface area contributed by atoms with Gasteiger partial charge in [-0.3, -0.25) is 44.6 Å². The van der Waals surface area contributed by atoms with Gasteiger partial charge in [0.15, 0.2) is 0 Å². The molecule has 4 amide bonds. The lowest BCUT2D eigenvalue weighted by Gasteiger charge is -2.00. The van der Waals surface area contributed by atoms with E-state index in [1.165, 1.54) is 6.08 Å². The number of allylic oxidation sites excluding steroid dienone is 3. The molecule has 0 spiro atoms. The van der Waals surface area contributed by atoms with Gasteiger partial charge < -0.3 is 0 Å². The zero-order chi connectivity index (χ0) is 29.0. The van der Waals surface area contributed by atoms with Crippen LogP contribution in [0, 0.1) is 0 Å². The summed E-state index contributed by atoms with van der Waals surface area (Å²) < 4.78 is 0. The number of fused-ring (bicyclic) bond motifs is 2. The van der Waals surface area contributed by atoms with Crippen LogP contribution in [0.2, 0.25) is 0 Å². The third-order valence-electron chi connectivity index (χ3n) is 5.46. The van der Waals surface area contributed by atoms with Crippen LogP contribution in [0.5, 0.6) is 0 Å². The average molecular weight is 599 g/mol. The molecule has 2 saturated heterocycles. The van der Waals surface area contributed by atoms with Crippen molar-refractivity contribution in [2.75, 3.05) is 5.75 Å². The SMILES string of the molecule is C.O=C/C=C/c1ccnc2ccccc12.O=C1CSC(=O)N1.O=C1NC(=O)/C(=C\C=C\c2ccnc3ccccc23)S1. The Morgan fingerprint density at radius 2 is 1.29 bits per heavy atom. The third kappa shape index (κ3) is 8.82. The van der Waals surface area contributed by atoms with Crippen LogP contribution in [-0.2, 0) is 14.4 Å². The maximum atomic E-state index is 11.4. The van der Waals surface area contributed by atoms with Crippen LogP contribution >= 0.6 is 23.5 Å². The van der Waals surface area contributed by atoms with E-state index in [1.54, 1.807) is 30.6 Å². The second-order valence-corrected chi connectivity index (χ2v) is 10.2. The van der Waals surface area contributed by atoms with Crippen LogP contribution in [-0.4, -0.2) is 44.3 Å². The minimum Gasteiger partial charge on any atom is -0.299 e. The highest BCUT2D eigenvalue weighted by Gasteiger charge is 2.24. The van der Waals surface area contributed by atoms with Gasteiger partial charge in [0.25, 0.3) is 16.4 Å². The quantitative estimate of drug-likeness (QED) is 0.209. The smallest absolute Gasteiger partial charge is 0.290 e. The molecule has 2 aliphatic heterocycles. The number of carbonyl (C=O) groups is 5. The van der Waals surface area contributed by atoms with Crippen molar-refractivity contribution in [2.24, 2.45) is 0 Å². The number of thioether (sulfide) groups is 2. The van der Waals surface area contributed by atoms with Crippen LogP contribution in [0.25, 0.3) is 34.0 Å². The second-order valence-electron chi connectivity index (χ2n) is 8.19. The first-order chi connectivity index (χ1) is 19.9. The fourth-order valence-corrected chi connectivity index (χ4v) is 4.82. The van der Waals surface area contributed by atoms with E-state index in [0.29, 0.717) is 10.7 Å². The maximum Gasteiger partial charge on any atom is 0.290 e. The highest BCUT2D eigenvalue weighted by Crippen LogP contribution is 2.23. The zero-order valence-electron chi connectivity index (χ0n) is 21.4. The molecule has 0 atom stereocenters. The minimum absolute atomic E-state index is 0. The fraction of sp³-hybridized carbons (Fsp3) is 0.0645. The molecule has 2 fully saturated rings. The van der Waals surface area contributed by atoms with E-state index < -0.39 is 0 Å². The lowest BCUT2D eigenvalue weighted by Crippen LogP contribution is -2.18. The van der Waals surface area contributed by atoms with Gasteiger partial charge in [-0.15, -0.1) is 0 Å². The predicted octanol–water partition coefficient (Wildman–Crippen LogP) is 6.17. The van der Waals surface area contributed by atoms with Crippen molar-refractivity contribution in [3.63, 3.8) is 0 Å². The molecule has 6 rings (SSSR count). The van der Waals surface area contributed by atoms with Crippen molar-refractivity contribution in [1.29, 1.82) is 0 Å². The summed E-state index contributed by atoms with van der Waals surface area (Å²) >= 11 is 1.92. The van der Waals surface area contributed by atoms with Gasteiger partial charge in [-0.05, 0) is 59.3 Å². The van der Waals surface area contributed by atoms with Crippen LogP contribution < -0.4 is 10.6 Å². The Kier molecular flexibility index (Phi) is 11.9. The Hall–Kier alpha value is -4.87. The van der Waals surface area contributed by atoms with E-state index in [2.05, 4.69) is 20.6 Å². The van der Waals surface area contributed by atoms with Crippen LogP contribution in [0.3, 0.4) is 0 Å². The first-order valence-electron chi connectivity index (χ1n) is 12.1. The lowest BCUT2D eigenvalue weighted by molar-refractivity contribution is -0.117. The molecule has 0 unspecified atom stereocenters. The van der Waals surface area contributed by atoms with Crippen LogP contribution in [0.4, 0.5) is 9.59 Å². The number of aromatic nitrogens is 2. The molecule has 4 aromatic rings. The molecule has 0 saturated carbocycles. The number of amides is 4. The largest absolute Gasteiger partial charge is 0.299 e. The van der Waals surface area contributed by atoms with Gasteiger partial charge >= 0.3 is 0 Å². The Bertz CT molecular complexity index is 1710. The number of nitrogens with zero attached hydrogens (tertiary/aromatic N) is 2. The molecule has 42 heavy (non-hydrogen) atoms. The maximum absolute atomic E-state index is 11.4. The summed E-state index contributed by atoms with van der Waals surface area (Å²) in [7, 11) is 0. The summed E-state index contributed by atoms with van der Waals surface area (Å²) in [6.45, 7) is 0. The van der Waals surface area contributed by atoms with Gasteiger partial charge in [0, 0.05) is 23.2 Å². The standard InChI is InChI=1S/C15H10N2O2S.C12H9NO.C3H3NO2S.CH4/c18-14-13(20-15(19)17-14)7-3-4-10-8-9-16-12-6-2-1-5-11(10)12;14-9-3-4-10-7-8-13-12-6-2-1-5-11(10)12;5-2-1-7-3(6)4-2;/h1-9H,(H,17,18,19);1-9H;1H2,(H,4,5,6);1H4/b4-3+,13-7+;4-3+;;. The van der Waals surface area contributed by atoms with E-state index in [1.807, 2.05) is 66.7 Å². The highest BCUT2D eigenvalue weighted by molar-refractivity contribution is 8.18. The summed E-state index contributed by atoms with van der Waals surface area (Å²) in [4.78, 5) is 61.7. The molecular formula is C31H26N4O5S2. The number of hydrogen-bond acceptors (Lipinski definition) is 9. The second kappa shape index (κ2) is 15.8. The molecular weight excluding hydrogens is 572 g/mol.